The van der Waals surface area contributed by atoms with E-state index in [1.807, 2.05) is 12.1 Å². The molecule has 2 atom stereocenters. The molecule has 0 aromatic heterocycles. The summed E-state index contributed by atoms with van der Waals surface area (Å²) < 4.78 is 29.7. The van der Waals surface area contributed by atoms with E-state index in [9.17, 15) is 8.42 Å². The van der Waals surface area contributed by atoms with Crippen molar-refractivity contribution in [3.8, 4) is 5.75 Å². The van der Waals surface area contributed by atoms with Crippen molar-refractivity contribution in [2.45, 2.75) is 23.5 Å². The second-order valence-corrected chi connectivity index (χ2v) is 9.63. The molecule has 0 amide bonds. The first kappa shape index (κ1) is 18.7. The maximum atomic E-state index is 11.7. The fraction of sp³-hybridized carbons (Fsp3) is 0.400. The zero-order chi connectivity index (χ0) is 19.0. The second-order valence-electron chi connectivity index (χ2n) is 7.18. The van der Waals surface area contributed by atoms with Crippen molar-refractivity contribution in [2.24, 2.45) is 0 Å². The molecule has 0 radical (unpaired) electrons. The summed E-state index contributed by atoms with van der Waals surface area (Å²) in [7, 11) is -3.22. The predicted octanol–water partition coefficient (Wildman–Crippen LogP) is 2.69. The molecule has 0 bridgehead atoms. The molecule has 1 aliphatic carbocycles. The van der Waals surface area contributed by atoms with Crippen molar-refractivity contribution in [1.82, 2.24) is 10.2 Å². The molecule has 1 aliphatic heterocycles. The number of nitrogens with one attached hydrogen (secondary N) is 1. The Morgan fingerprint density at radius 1 is 1.11 bits per heavy atom. The van der Waals surface area contributed by atoms with Crippen LogP contribution in [0.4, 0.5) is 0 Å². The summed E-state index contributed by atoms with van der Waals surface area (Å²) in [6.07, 6.45) is 2.01. The topological polar surface area (TPSA) is 58.6 Å². The van der Waals surface area contributed by atoms with Crippen LogP contribution < -0.4 is 10.1 Å². The summed E-state index contributed by atoms with van der Waals surface area (Å²) in [5.41, 5.74) is 2.39. The van der Waals surface area contributed by atoms with Crippen LogP contribution in [-0.4, -0.2) is 51.8 Å². The maximum absolute atomic E-state index is 11.7. The molecule has 0 saturated carbocycles. The van der Waals surface area contributed by atoms with Gasteiger partial charge in [0.2, 0.25) is 0 Å². The van der Waals surface area contributed by atoms with Crippen LogP contribution in [0.1, 0.15) is 17.2 Å². The molecule has 5 nitrogen and oxygen atoms in total. The molecule has 0 spiro atoms. The van der Waals surface area contributed by atoms with Gasteiger partial charge in [-0.2, -0.15) is 0 Å². The molecule has 2 aromatic carbocycles. The molecule has 1 fully saturated rings. The van der Waals surface area contributed by atoms with Gasteiger partial charge >= 0.3 is 0 Å². The van der Waals surface area contributed by atoms with Gasteiger partial charge in [-0.3, -0.25) is 4.90 Å². The van der Waals surface area contributed by atoms with E-state index in [0.717, 1.165) is 38.2 Å². The van der Waals surface area contributed by atoms with Crippen molar-refractivity contribution in [2.75, 3.05) is 32.4 Å². The van der Waals surface area contributed by atoms with E-state index in [2.05, 4.69) is 16.3 Å². The third-order valence-corrected chi connectivity index (χ3v) is 6.69. The number of benzene rings is 2. The third-order valence-electron chi connectivity index (χ3n) is 5.33. The van der Waals surface area contributed by atoms with Gasteiger partial charge < -0.3 is 10.1 Å². The van der Waals surface area contributed by atoms with Gasteiger partial charge in [0.1, 0.15) is 11.9 Å². The van der Waals surface area contributed by atoms with E-state index >= 15 is 0 Å². The summed E-state index contributed by atoms with van der Waals surface area (Å²) in [6.45, 7) is 3.92. The van der Waals surface area contributed by atoms with E-state index in [-0.39, 0.29) is 12.1 Å². The number of fused-ring (bicyclic) bond motifs is 1. The largest absolute Gasteiger partial charge is 0.484 e. The smallest absolute Gasteiger partial charge is 0.175 e. The van der Waals surface area contributed by atoms with Gasteiger partial charge in [-0.05, 0) is 53.9 Å². The summed E-state index contributed by atoms with van der Waals surface area (Å²) in [5, 5.41) is 4.10. The molecule has 1 heterocycles. The van der Waals surface area contributed by atoms with Crippen LogP contribution in [0.5, 0.6) is 5.75 Å². The average Bonchev–Trinajstić information content (AvgIpc) is 3.00. The highest BCUT2D eigenvalue weighted by Gasteiger charge is 2.38. The second kappa shape index (κ2) is 7.43. The van der Waals surface area contributed by atoms with Gasteiger partial charge in [0.25, 0.3) is 0 Å². The first-order valence-electron chi connectivity index (χ1n) is 9.12. The summed E-state index contributed by atoms with van der Waals surface area (Å²) in [6, 6.07) is 12.9. The van der Waals surface area contributed by atoms with E-state index in [1.165, 1.54) is 11.8 Å². The van der Waals surface area contributed by atoms with Crippen LogP contribution in [0.2, 0.25) is 5.02 Å². The Morgan fingerprint density at radius 2 is 1.81 bits per heavy atom. The highest BCUT2D eigenvalue weighted by atomic mass is 35.5. The molecule has 2 aromatic rings. The van der Waals surface area contributed by atoms with Gasteiger partial charge in [0.05, 0.1) is 10.9 Å². The lowest BCUT2D eigenvalue weighted by atomic mass is 10.1. The minimum Gasteiger partial charge on any atom is -0.484 e. The number of piperazine rings is 1. The highest BCUT2D eigenvalue weighted by molar-refractivity contribution is 7.90. The zero-order valence-electron chi connectivity index (χ0n) is 15.2. The summed E-state index contributed by atoms with van der Waals surface area (Å²) in [5.74, 6) is 0.667. The number of halogens is 1. The minimum atomic E-state index is -3.22. The third kappa shape index (κ3) is 3.99. The first-order chi connectivity index (χ1) is 12.9. The molecule has 2 unspecified atom stereocenters. The van der Waals surface area contributed by atoms with E-state index in [1.54, 1.807) is 24.3 Å². The lowest BCUT2D eigenvalue weighted by Crippen LogP contribution is -2.50. The number of hydrogen-bond acceptors (Lipinski definition) is 5. The lowest BCUT2D eigenvalue weighted by Gasteiger charge is -2.36. The molecule has 1 N–H and O–H groups in total. The fourth-order valence-electron chi connectivity index (χ4n) is 3.94. The number of hydrogen-bond donors (Lipinski definition) is 1. The van der Waals surface area contributed by atoms with Crippen molar-refractivity contribution in [3.63, 3.8) is 0 Å². The van der Waals surface area contributed by atoms with Crippen LogP contribution in [-0.2, 0) is 16.3 Å². The fourth-order valence-corrected chi connectivity index (χ4v) is 4.76. The quantitative estimate of drug-likeness (QED) is 0.845. The van der Waals surface area contributed by atoms with Crippen molar-refractivity contribution >= 4 is 21.4 Å². The number of nitrogens with zero attached hydrogens (tertiary/aromatic N) is 1. The van der Waals surface area contributed by atoms with Crippen LogP contribution >= 0.6 is 11.6 Å². The Bertz CT molecular complexity index is 925. The van der Waals surface area contributed by atoms with Crippen LogP contribution in [0, 0.1) is 0 Å². The Balaban J connectivity index is 1.63. The molecule has 1 saturated heterocycles. The Kier molecular flexibility index (Phi) is 5.16. The SMILES string of the molecule is CS(=O)(=O)c1ccc(OC2c3cc(Cl)ccc3CC2N2CCNCC2)cc1. The Morgan fingerprint density at radius 3 is 2.48 bits per heavy atom. The Labute approximate surface area is 165 Å². The molecule has 144 valence electrons. The predicted molar refractivity (Wildman–Crippen MR) is 106 cm³/mol. The Hall–Kier alpha value is -1.60. The highest BCUT2D eigenvalue weighted by Crippen LogP contribution is 2.39. The monoisotopic (exact) mass is 406 g/mol. The van der Waals surface area contributed by atoms with Gasteiger partial charge in [0.15, 0.2) is 9.84 Å². The summed E-state index contributed by atoms with van der Waals surface area (Å²) in [4.78, 5) is 2.77. The lowest BCUT2D eigenvalue weighted by molar-refractivity contribution is 0.0693. The van der Waals surface area contributed by atoms with Crippen molar-refractivity contribution in [3.05, 3.63) is 58.6 Å². The van der Waals surface area contributed by atoms with E-state index < -0.39 is 9.84 Å². The van der Waals surface area contributed by atoms with Crippen molar-refractivity contribution < 1.29 is 13.2 Å². The molecule has 7 heteroatoms. The van der Waals surface area contributed by atoms with Gasteiger partial charge in [-0.25, -0.2) is 8.42 Å². The van der Waals surface area contributed by atoms with Crippen LogP contribution in [0.15, 0.2) is 47.4 Å². The van der Waals surface area contributed by atoms with Gasteiger partial charge in [-0.15, -0.1) is 0 Å². The zero-order valence-corrected chi connectivity index (χ0v) is 16.8. The minimum absolute atomic E-state index is 0.124. The van der Waals surface area contributed by atoms with Crippen molar-refractivity contribution in [1.29, 1.82) is 0 Å². The summed E-state index contributed by atoms with van der Waals surface area (Å²) >= 11 is 6.25. The molecular weight excluding hydrogens is 384 g/mol. The van der Waals surface area contributed by atoms with Gasteiger partial charge in [-0.1, -0.05) is 17.7 Å². The van der Waals surface area contributed by atoms with E-state index in [4.69, 9.17) is 16.3 Å². The molecule has 4 rings (SSSR count). The average molecular weight is 407 g/mol. The number of ether oxygens (including phenoxy) is 1. The first-order valence-corrected chi connectivity index (χ1v) is 11.4. The molecule has 27 heavy (non-hydrogen) atoms. The van der Waals surface area contributed by atoms with Crippen LogP contribution in [0.25, 0.3) is 0 Å². The number of sulfone groups is 1. The maximum Gasteiger partial charge on any atom is 0.175 e. The number of rotatable bonds is 4. The molecule has 2 aliphatic rings. The van der Waals surface area contributed by atoms with Crippen LogP contribution in [0.3, 0.4) is 0 Å². The van der Waals surface area contributed by atoms with E-state index in [0.29, 0.717) is 15.7 Å². The van der Waals surface area contributed by atoms with Gasteiger partial charge in [0, 0.05) is 37.5 Å². The normalized spacial score (nSPS) is 23.2. The molecular formula is C20H23ClN2O3S. The standard InChI is InChI=1S/C20H23ClN2O3S/c1-27(24,25)17-6-4-16(5-7-17)26-20-18-13-15(21)3-2-14(18)12-19(20)23-10-8-22-9-11-23/h2-7,13,19-20,22H,8-12H2,1H3.